The van der Waals surface area contributed by atoms with E-state index >= 15 is 4.39 Å². The summed E-state index contributed by atoms with van der Waals surface area (Å²) in [6.45, 7) is 10.9. The van der Waals surface area contributed by atoms with E-state index in [2.05, 4.69) is 23.3 Å². The second-order valence-corrected chi connectivity index (χ2v) is 13.0. The van der Waals surface area contributed by atoms with Crippen LogP contribution in [-0.2, 0) is 11.2 Å². The smallest absolute Gasteiger partial charge is 0.319 e. The first-order valence-corrected chi connectivity index (χ1v) is 15.7. The van der Waals surface area contributed by atoms with Crippen LogP contribution < -0.4 is 14.4 Å². The molecule has 9 nitrogen and oxygen atoms in total. The highest BCUT2D eigenvalue weighted by atomic mass is 19.1. The highest BCUT2D eigenvalue weighted by Crippen LogP contribution is 2.46. The first kappa shape index (κ1) is 27.1. The maximum absolute atomic E-state index is 16.9. The molecule has 0 unspecified atom stereocenters. The van der Waals surface area contributed by atoms with Crippen LogP contribution >= 0.6 is 0 Å². The van der Waals surface area contributed by atoms with E-state index in [1.54, 1.807) is 12.1 Å². The van der Waals surface area contributed by atoms with Gasteiger partial charge in [0.15, 0.2) is 5.82 Å². The lowest BCUT2D eigenvalue weighted by Crippen LogP contribution is -2.43. The molecule has 4 aliphatic heterocycles. The summed E-state index contributed by atoms with van der Waals surface area (Å²) < 4.78 is 35.5. The Balaban J connectivity index is 1.30. The lowest BCUT2D eigenvalue weighted by molar-refractivity contribution is 0.108. The molecule has 0 spiro atoms. The van der Waals surface area contributed by atoms with Gasteiger partial charge in [-0.25, -0.2) is 9.37 Å². The number of hydrogen-bond acceptors (Lipinski definition) is 9. The van der Waals surface area contributed by atoms with Crippen molar-refractivity contribution in [2.45, 2.75) is 69.4 Å². The van der Waals surface area contributed by atoms with Crippen molar-refractivity contribution in [3.63, 3.8) is 0 Å². The normalized spacial score (nSPS) is 26.8. The number of phenolic OH excluding ortho intramolecular Hbond substituents is 1. The molecule has 3 saturated heterocycles. The molecular formula is C33H38FN5O4. The predicted octanol–water partition coefficient (Wildman–Crippen LogP) is 5.14. The van der Waals surface area contributed by atoms with Gasteiger partial charge in [0.25, 0.3) is 0 Å². The van der Waals surface area contributed by atoms with Crippen molar-refractivity contribution in [1.82, 2.24) is 19.9 Å². The van der Waals surface area contributed by atoms with Gasteiger partial charge in [-0.05, 0) is 80.7 Å². The molecule has 2 aromatic heterocycles. The molecule has 5 aliphatic rings. The minimum atomic E-state index is -0.555. The van der Waals surface area contributed by atoms with Gasteiger partial charge in [-0.15, -0.1) is 0 Å². The molecular weight excluding hydrogens is 549 g/mol. The van der Waals surface area contributed by atoms with Gasteiger partial charge in [-0.3, -0.25) is 4.90 Å². The first-order chi connectivity index (χ1) is 20.9. The van der Waals surface area contributed by atoms with Crippen LogP contribution in [0.5, 0.6) is 17.6 Å². The second kappa shape index (κ2) is 10.3. The average molecular weight is 588 g/mol. The van der Waals surface area contributed by atoms with Gasteiger partial charge in [0.05, 0.1) is 18.2 Å². The van der Waals surface area contributed by atoms with Crippen molar-refractivity contribution in [2.24, 2.45) is 0 Å². The molecule has 0 amide bonds. The van der Waals surface area contributed by atoms with Gasteiger partial charge in [0, 0.05) is 25.3 Å². The molecule has 226 valence electrons. The molecule has 3 fully saturated rings. The zero-order valence-electron chi connectivity index (χ0n) is 24.7. The van der Waals surface area contributed by atoms with Gasteiger partial charge in [0.2, 0.25) is 5.88 Å². The van der Waals surface area contributed by atoms with Crippen LogP contribution in [-0.4, -0.2) is 82.6 Å². The lowest BCUT2D eigenvalue weighted by atomic mass is 9.80. The Bertz CT molecular complexity index is 1630. The van der Waals surface area contributed by atoms with Gasteiger partial charge in [0.1, 0.15) is 41.4 Å². The van der Waals surface area contributed by atoms with Crippen molar-refractivity contribution in [3.8, 4) is 28.9 Å². The first-order valence-electron chi connectivity index (χ1n) is 15.7. The van der Waals surface area contributed by atoms with E-state index in [-0.39, 0.29) is 40.5 Å². The Morgan fingerprint density at radius 3 is 2.98 bits per heavy atom. The number of phenols is 1. The highest BCUT2D eigenvalue weighted by Gasteiger charge is 2.46. The molecule has 1 N–H and O–H groups in total. The van der Waals surface area contributed by atoms with E-state index in [9.17, 15) is 5.11 Å². The van der Waals surface area contributed by atoms with Crippen LogP contribution in [0.25, 0.3) is 22.2 Å². The minimum absolute atomic E-state index is 0.104. The minimum Gasteiger partial charge on any atom is -0.508 e. The molecule has 3 atom stereocenters. The number of ether oxygens (including phenoxy) is 3. The third-order valence-corrected chi connectivity index (χ3v) is 10.1. The Kier molecular flexibility index (Phi) is 6.49. The van der Waals surface area contributed by atoms with Crippen molar-refractivity contribution in [2.75, 3.05) is 51.0 Å². The van der Waals surface area contributed by atoms with E-state index in [0.29, 0.717) is 55.6 Å². The average Bonchev–Trinajstić information content (AvgIpc) is 3.34. The molecule has 6 heterocycles. The number of pyridine rings is 1. The summed E-state index contributed by atoms with van der Waals surface area (Å²) >= 11 is 0. The van der Waals surface area contributed by atoms with Crippen LogP contribution in [0.4, 0.5) is 10.2 Å². The Labute approximate surface area is 250 Å². The number of aryl methyl sites for hydroxylation is 1. The van der Waals surface area contributed by atoms with E-state index in [4.69, 9.17) is 29.2 Å². The van der Waals surface area contributed by atoms with Crippen molar-refractivity contribution >= 4 is 16.7 Å². The summed E-state index contributed by atoms with van der Waals surface area (Å²) in [6, 6.07) is 3.48. The monoisotopic (exact) mass is 587 g/mol. The summed E-state index contributed by atoms with van der Waals surface area (Å²) in [5.41, 5.74) is 4.03. The van der Waals surface area contributed by atoms with Gasteiger partial charge < -0.3 is 24.2 Å². The number of rotatable bonds is 4. The number of aromatic nitrogens is 3. The SMILES string of the molecule is C=C1CN2CCC[C@@]2(COc2nc3c4c(nc(-c5cc(O)cc6c5[C@H](C)CCC6)c(F)c4n2)OC[C@@H]2COCCCN32)C1. The molecule has 0 radical (unpaired) electrons. The quantitative estimate of drug-likeness (QED) is 0.417. The Morgan fingerprint density at radius 1 is 1.16 bits per heavy atom. The molecule has 0 bridgehead atoms. The van der Waals surface area contributed by atoms with E-state index in [1.807, 2.05) is 0 Å². The van der Waals surface area contributed by atoms with Crippen LogP contribution in [0.1, 0.15) is 62.5 Å². The number of hydrogen-bond donors (Lipinski definition) is 1. The number of aromatic hydroxyl groups is 1. The molecule has 43 heavy (non-hydrogen) atoms. The third kappa shape index (κ3) is 4.44. The maximum Gasteiger partial charge on any atom is 0.319 e. The van der Waals surface area contributed by atoms with Crippen LogP contribution in [0.2, 0.25) is 0 Å². The molecule has 8 rings (SSSR count). The number of anilines is 1. The zero-order valence-corrected chi connectivity index (χ0v) is 24.7. The van der Waals surface area contributed by atoms with Crippen LogP contribution in [0, 0.1) is 5.82 Å². The molecule has 1 aliphatic carbocycles. The molecule has 10 heteroatoms. The Hall–Kier alpha value is -3.50. The largest absolute Gasteiger partial charge is 0.508 e. The summed E-state index contributed by atoms with van der Waals surface area (Å²) in [5, 5.41) is 11.1. The van der Waals surface area contributed by atoms with Crippen LogP contribution in [0.15, 0.2) is 24.3 Å². The number of fused-ring (bicyclic) bond motifs is 4. The zero-order chi connectivity index (χ0) is 29.3. The van der Waals surface area contributed by atoms with Gasteiger partial charge in [-0.2, -0.15) is 9.97 Å². The fourth-order valence-electron chi connectivity index (χ4n) is 8.15. The third-order valence-electron chi connectivity index (χ3n) is 10.1. The summed E-state index contributed by atoms with van der Waals surface area (Å²) in [7, 11) is 0. The van der Waals surface area contributed by atoms with E-state index < -0.39 is 5.82 Å². The van der Waals surface area contributed by atoms with Crippen molar-refractivity contribution < 1.29 is 23.7 Å². The Morgan fingerprint density at radius 2 is 2.07 bits per heavy atom. The van der Waals surface area contributed by atoms with Gasteiger partial charge >= 0.3 is 6.01 Å². The second-order valence-electron chi connectivity index (χ2n) is 13.0. The summed E-state index contributed by atoms with van der Waals surface area (Å²) in [4.78, 5) is 19.0. The van der Waals surface area contributed by atoms with E-state index in [0.717, 1.165) is 69.2 Å². The number of halogens is 1. The van der Waals surface area contributed by atoms with Crippen molar-refractivity contribution in [1.29, 1.82) is 0 Å². The number of benzene rings is 1. The van der Waals surface area contributed by atoms with Crippen molar-refractivity contribution in [3.05, 3.63) is 41.2 Å². The number of nitrogens with zero attached hydrogens (tertiary/aromatic N) is 5. The maximum atomic E-state index is 16.9. The summed E-state index contributed by atoms with van der Waals surface area (Å²) in [5.74, 6) is 0.632. The fourth-order valence-corrected chi connectivity index (χ4v) is 8.15. The van der Waals surface area contributed by atoms with Crippen LogP contribution in [0.3, 0.4) is 0 Å². The predicted molar refractivity (Wildman–Crippen MR) is 161 cm³/mol. The topological polar surface area (TPSA) is 93.1 Å². The van der Waals surface area contributed by atoms with Gasteiger partial charge in [-0.1, -0.05) is 19.1 Å². The molecule has 1 aromatic carbocycles. The molecule has 0 saturated carbocycles. The lowest BCUT2D eigenvalue weighted by Gasteiger charge is -2.31. The molecule has 3 aromatic rings. The highest BCUT2D eigenvalue weighted by molar-refractivity contribution is 5.97. The fraction of sp³-hybridized carbons (Fsp3) is 0.545. The van der Waals surface area contributed by atoms with E-state index in [1.165, 1.54) is 5.57 Å². The standard InChI is InChI=1S/C33H38FN5O4/c1-19-14-33(8-4-9-38(33)15-19)18-43-32-36-29-26-30(37-32)39-10-5-11-41-16-22(39)17-42-31(26)35-28(27(29)34)24-13-23(40)12-21-7-3-6-20(2)25(21)24/h12-13,20,22,40H,1,3-11,14-18H2,2H3/t20-,22+,33+/m1/s1. The summed E-state index contributed by atoms with van der Waals surface area (Å²) in [6.07, 6.45) is 6.71.